The maximum Gasteiger partial charge on any atom is 0.227 e. The molecule has 0 aromatic heterocycles. The van der Waals surface area contributed by atoms with E-state index in [1.54, 1.807) is 32.4 Å². The number of hydrogen-bond acceptors (Lipinski definition) is 4. The maximum absolute atomic E-state index is 12.1. The Bertz CT molecular complexity index is 462. The average molecular weight is 264 g/mol. The van der Waals surface area contributed by atoms with Crippen LogP contribution in [-0.2, 0) is 4.79 Å². The van der Waals surface area contributed by atoms with Gasteiger partial charge in [0, 0.05) is 23.7 Å². The molecule has 2 rings (SSSR count). The van der Waals surface area contributed by atoms with Crippen LogP contribution >= 0.6 is 0 Å². The van der Waals surface area contributed by atoms with Gasteiger partial charge in [0.2, 0.25) is 5.91 Å². The van der Waals surface area contributed by atoms with Crippen LogP contribution in [0.2, 0.25) is 0 Å². The zero-order valence-electron chi connectivity index (χ0n) is 11.3. The highest BCUT2D eigenvalue weighted by atomic mass is 16.5. The van der Waals surface area contributed by atoms with Crippen molar-refractivity contribution in [2.45, 2.75) is 25.3 Å². The Morgan fingerprint density at radius 3 is 2.58 bits per heavy atom. The molecule has 1 aliphatic carbocycles. The molecule has 0 heterocycles. The van der Waals surface area contributed by atoms with Crippen LogP contribution in [-0.4, -0.2) is 26.2 Å². The number of carbonyl (C=O) groups excluding carboxylic acids is 1. The van der Waals surface area contributed by atoms with Gasteiger partial charge >= 0.3 is 0 Å². The number of methoxy groups -OCH3 is 2. The van der Waals surface area contributed by atoms with Gasteiger partial charge in [0.1, 0.15) is 0 Å². The number of anilines is 1. The fourth-order valence-electron chi connectivity index (χ4n) is 2.41. The lowest BCUT2D eigenvalue weighted by molar-refractivity contribution is -0.119. The summed E-state index contributed by atoms with van der Waals surface area (Å²) >= 11 is 0. The molecule has 104 valence electrons. The Morgan fingerprint density at radius 2 is 2.00 bits per heavy atom. The van der Waals surface area contributed by atoms with Crippen LogP contribution in [0.5, 0.6) is 11.5 Å². The highest BCUT2D eigenvalue weighted by molar-refractivity contribution is 5.93. The van der Waals surface area contributed by atoms with E-state index < -0.39 is 0 Å². The zero-order chi connectivity index (χ0) is 13.8. The van der Waals surface area contributed by atoms with E-state index >= 15 is 0 Å². The molecule has 0 spiro atoms. The monoisotopic (exact) mass is 264 g/mol. The molecule has 3 N–H and O–H groups in total. The van der Waals surface area contributed by atoms with Crippen molar-refractivity contribution in [3.05, 3.63) is 18.2 Å². The van der Waals surface area contributed by atoms with Crippen molar-refractivity contribution in [3.8, 4) is 11.5 Å². The number of amides is 1. The molecule has 0 saturated heterocycles. The smallest absolute Gasteiger partial charge is 0.227 e. The van der Waals surface area contributed by atoms with Crippen molar-refractivity contribution < 1.29 is 14.3 Å². The van der Waals surface area contributed by atoms with E-state index in [9.17, 15) is 4.79 Å². The second-order valence-electron chi connectivity index (χ2n) is 4.83. The normalized spacial score (nSPS) is 22.1. The van der Waals surface area contributed by atoms with Crippen LogP contribution in [0.15, 0.2) is 18.2 Å². The summed E-state index contributed by atoms with van der Waals surface area (Å²) in [6.07, 6.45) is 2.55. The molecule has 0 aliphatic heterocycles. The number of nitrogens with one attached hydrogen (secondary N) is 1. The molecular weight excluding hydrogens is 244 g/mol. The summed E-state index contributed by atoms with van der Waals surface area (Å²) in [7, 11) is 3.15. The lowest BCUT2D eigenvalue weighted by Crippen LogP contribution is -2.23. The minimum Gasteiger partial charge on any atom is -0.493 e. The predicted molar refractivity (Wildman–Crippen MR) is 73.5 cm³/mol. The Hall–Kier alpha value is -1.75. The number of benzene rings is 1. The molecule has 5 heteroatoms. The van der Waals surface area contributed by atoms with Crippen molar-refractivity contribution in [2.75, 3.05) is 19.5 Å². The predicted octanol–water partition coefficient (Wildman–Crippen LogP) is 1.77. The first-order chi connectivity index (χ1) is 9.13. The number of ether oxygens (including phenoxy) is 2. The second kappa shape index (κ2) is 5.93. The molecule has 5 nitrogen and oxygen atoms in total. The number of nitrogens with two attached hydrogens (primary N) is 1. The molecule has 1 aliphatic rings. The van der Waals surface area contributed by atoms with Crippen LogP contribution in [0, 0.1) is 5.92 Å². The SMILES string of the molecule is COc1ccc(NC(=O)C2CCC(N)C2)cc1OC. The van der Waals surface area contributed by atoms with Crippen molar-refractivity contribution in [1.29, 1.82) is 0 Å². The highest BCUT2D eigenvalue weighted by Gasteiger charge is 2.27. The molecule has 1 saturated carbocycles. The summed E-state index contributed by atoms with van der Waals surface area (Å²) < 4.78 is 10.4. The van der Waals surface area contributed by atoms with E-state index in [4.69, 9.17) is 15.2 Å². The Labute approximate surface area is 113 Å². The summed E-state index contributed by atoms with van der Waals surface area (Å²) in [5.41, 5.74) is 6.53. The number of hydrogen-bond donors (Lipinski definition) is 2. The van der Waals surface area contributed by atoms with Crippen LogP contribution in [0.4, 0.5) is 5.69 Å². The largest absolute Gasteiger partial charge is 0.493 e. The quantitative estimate of drug-likeness (QED) is 0.869. The Morgan fingerprint density at radius 1 is 1.26 bits per heavy atom. The summed E-state index contributed by atoms with van der Waals surface area (Å²) in [5, 5.41) is 2.90. The maximum atomic E-state index is 12.1. The third-order valence-electron chi connectivity index (χ3n) is 3.50. The van der Waals surface area contributed by atoms with E-state index in [1.807, 2.05) is 0 Å². The van der Waals surface area contributed by atoms with E-state index in [0.717, 1.165) is 19.3 Å². The second-order valence-corrected chi connectivity index (χ2v) is 4.83. The third-order valence-corrected chi connectivity index (χ3v) is 3.50. The summed E-state index contributed by atoms with van der Waals surface area (Å²) in [6.45, 7) is 0. The molecule has 2 atom stereocenters. The lowest BCUT2D eigenvalue weighted by Gasteiger charge is -2.13. The van der Waals surface area contributed by atoms with Crippen molar-refractivity contribution in [1.82, 2.24) is 0 Å². The van der Waals surface area contributed by atoms with E-state index in [2.05, 4.69) is 5.32 Å². The van der Waals surface area contributed by atoms with E-state index in [0.29, 0.717) is 17.2 Å². The Kier molecular flexibility index (Phi) is 4.27. The van der Waals surface area contributed by atoms with E-state index in [-0.39, 0.29) is 17.9 Å². The molecule has 1 fully saturated rings. The Balaban J connectivity index is 2.04. The topological polar surface area (TPSA) is 73.6 Å². The molecule has 19 heavy (non-hydrogen) atoms. The molecule has 1 amide bonds. The van der Waals surface area contributed by atoms with Crippen molar-refractivity contribution in [2.24, 2.45) is 11.7 Å². The van der Waals surface area contributed by atoms with Crippen LogP contribution in [0.1, 0.15) is 19.3 Å². The van der Waals surface area contributed by atoms with Gasteiger partial charge in [0.05, 0.1) is 14.2 Å². The minimum absolute atomic E-state index is 0.0168. The fourth-order valence-corrected chi connectivity index (χ4v) is 2.41. The van der Waals surface area contributed by atoms with Crippen LogP contribution < -0.4 is 20.5 Å². The minimum atomic E-state index is 0.0168. The first-order valence-corrected chi connectivity index (χ1v) is 6.42. The van der Waals surface area contributed by atoms with Gasteiger partial charge in [0.25, 0.3) is 0 Å². The molecule has 0 bridgehead atoms. The van der Waals surface area contributed by atoms with Crippen molar-refractivity contribution in [3.63, 3.8) is 0 Å². The fraction of sp³-hybridized carbons (Fsp3) is 0.500. The first kappa shape index (κ1) is 13.7. The highest BCUT2D eigenvalue weighted by Crippen LogP contribution is 2.31. The van der Waals surface area contributed by atoms with Gasteiger partial charge < -0.3 is 20.5 Å². The molecule has 0 radical (unpaired) electrons. The van der Waals surface area contributed by atoms with Gasteiger partial charge in [-0.05, 0) is 31.4 Å². The van der Waals surface area contributed by atoms with Gasteiger partial charge in [-0.2, -0.15) is 0 Å². The molecule has 1 aromatic carbocycles. The third kappa shape index (κ3) is 3.17. The summed E-state index contributed by atoms with van der Waals surface area (Å²) in [5.74, 6) is 1.29. The summed E-state index contributed by atoms with van der Waals surface area (Å²) in [4.78, 5) is 12.1. The number of rotatable bonds is 4. The van der Waals surface area contributed by atoms with Gasteiger partial charge in [-0.1, -0.05) is 0 Å². The van der Waals surface area contributed by atoms with E-state index in [1.165, 1.54) is 0 Å². The average Bonchev–Trinajstić information content (AvgIpc) is 2.85. The standard InChI is InChI=1S/C14H20N2O3/c1-18-12-6-5-11(8-13(12)19-2)16-14(17)9-3-4-10(15)7-9/h5-6,8-10H,3-4,7,15H2,1-2H3,(H,16,17). The summed E-state index contributed by atoms with van der Waals surface area (Å²) in [6, 6.07) is 5.48. The zero-order valence-corrected chi connectivity index (χ0v) is 11.3. The van der Waals surface area contributed by atoms with Crippen molar-refractivity contribution >= 4 is 11.6 Å². The van der Waals surface area contributed by atoms with Gasteiger partial charge in [-0.15, -0.1) is 0 Å². The van der Waals surface area contributed by atoms with Gasteiger partial charge in [0.15, 0.2) is 11.5 Å². The van der Waals surface area contributed by atoms with Crippen LogP contribution in [0.3, 0.4) is 0 Å². The molecular formula is C14H20N2O3. The van der Waals surface area contributed by atoms with Crippen LogP contribution in [0.25, 0.3) is 0 Å². The molecule has 2 unspecified atom stereocenters. The van der Waals surface area contributed by atoms with Gasteiger partial charge in [-0.3, -0.25) is 4.79 Å². The lowest BCUT2D eigenvalue weighted by atomic mass is 10.1. The molecule has 1 aromatic rings. The number of carbonyl (C=O) groups is 1. The van der Waals surface area contributed by atoms with Gasteiger partial charge in [-0.25, -0.2) is 0 Å². The first-order valence-electron chi connectivity index (χ1n) is 6.42.